The number of nitrogens with zero attached hydrogens (tertiary/aromatic N) is 2. The zero-order valence-corrected chi connectivity index (χ0v) is 17.2. The number of rotatable bonds is 7. The van der Waals surface area contributed by atoms with E-state index in [1.54, 1.807) is 13.4 Å². The number of benzene rings is 3. The van der Waals surface area contributed by atoms with Crippen molar-refractivity contribution < 1.29 is 4.74 Å². The molecule has 3 aromatic carbocycles. The standard InChI is InChI=1S/C25H23N5O/c1-31-24-8-3-2-5-18(24)15-27-25-12-10-19-20(6-4-7-21(19)30-25)26-14-17-9-11-22-23(13-17)29-16-28-22/h2-13,16,26H,14-15H2,1H3,(H,27,30)(H,28,29). The highest BCUT2D eigenvalue weighted by Gasteiger charge is 2.06. The van der Waals surface area contributed by atoms with E-state index < -0.39 is 0 Å². The van der Waals surface area contributed by atoms with Crippen LogP contribution >= 0.6 is 0 Å². The number of hydrogen-bond donors (Lipinski definition) is 3. The molecule has 0 saturated carbocycles. The number of aromatic nitrogens is 3. The lowest BCUT2D eigenvalue weighted by atomic mass is 10.1. The molecule has 2 aromatic heterocycles. The molecule has 6 nitrogen and oxygen atoms in total. The summed E-state index contributed by atoms with van der Waals surface area (Å²) >= 11 is 0. The molecule has 5 rings (SSSR count). The number of anilines is 2. The van der Waals surface area contributed by atoms with Crippen LogP contribution in [0.15, 0.2) is 79.1 Å². The average Bonchev–Trinajstić information content (AvgIpc) is 3.29. The van der Waals surface area contributed by atoms with Gasteiger partial charge in [0.05, 0.1) is 30.0 Å². The van der Waals surface area contributed by atoms with E-state index in [-0.39, 0.29) is 0 Å². The van der Waals surface area contributed by atoms with Gasteiger partial charge in [0.15, 0.2) is 0 Å². The summed E-state index contributed by atoms with van der Waals surface area (Å²) in [5.74, 6) is 1.70. The monoisotopic (exact) mass is 409 g/mol. The van der Waals surface area contributed by atoms with Crippen molar-refractivity contribution >= 4 is 33.4 Å². The van der Waals surface area contributed by atoms with Gasteiger partial charge in [-0.05, 0) is 48.0 Å². The molecule has 0 bridgehead atoms. The molecule has 0 radical (unpaired) electrons. The van der Waals surface area contributed by atoms with Crippen molar-refractivity contribution in [2.75, 3.05) is 17.7 Å². The van der Waals surface area contributed by atoms with E-state index in [0.717, 1.165) is 51.3 Å². The third kappa shape index (κ3) is 4.00. The van der Waals surface area contributed by atoms with Gasteiger partial charge in [0.1, 0.15) is 11.6 Å². The number of H-pyrrole nitrogens is 1. The molecule has 3 N–H and O–H groups in total. The highest BCUT2D eigenvalue weighted by molar-refractivity contribution is 5.92. The van der Waals surface area contributed by atoms with E-state index in [1.807, 2.05) is 42.5 Å². The molecule has 6 heteroatoms. The lowest BCUT2D eigenvalue weighted by Gasteiger charge is -2.12. The van der Waals surface area contributed by atoms with Gasteiger partial charge in [0.2, 0.25) is 0 Å². The zero-order valence-electron chi connectivity index (χ0n) is 17.2. The lowest BCUT2D eigenvalue weighted by molar-refractivity contribution is 0.410. The molecular formula is C25H23N5O. The highest BCUT2D eigenvalue weighted by Crippen LogP contribution is 2.25. The molecule has 0 aliphatic rings. The molecule has 0 aliphatic carbocycles. The Hall–Kier alpha value is -4.06. The summed E-state index contributed by atoms with van der Waals surface area (Å²) in [6.45, 7) is 1.37. The number of nitrogens with one attached hydrogen (secondary N) is 3. The molecule has 0 fully saturated rings. The van der Waals surface area contributed by atoms with E-state index >= 15 is 0 Å². The summed E-state index contributed by atoms with van der Waals surface area (Å²) in [7, 11) is 1.69. The molecule has 0 spiro atoms. The highest BCUT2D eigenvalue weighted by atomic mass is 16.5. The second-order valence-electron chi connectivity index (χ2n) is 7.34. The second-order valence-corrected chi connectivity index (χ2v) is 7.34. The van der Waals surface area contributed by atoms with Crippen LogP contribution < -0.4 is 15.4 Å². The Morgan fingerprint density at radius 3 is 2.74 bits per heavy atom. The minimum atomic E-state index is 0.649. The summed E-state index contributed by atoms with van der Waals surface area (Å²) in [6, 6.07) is 24.5. The average molecular weight is 409 g/mol. The van der Waals surface area contributed by atoms with Gasteiger partial charge < -0.3 is 20.4 Å². The summed E-state index contributed by atoms with van der Waals surface area (Å²) in [5.41, 5.74) is 6.31. The number of pyridine rings is 1. The van der Waals surface area contributed by atoms with Gasteiger partial charge in [0.25, 0.3) is 0 Å². The third-order valence-corrected chi connectivity index (χ3v) is 5.35. The second kappa shape index (κ2) is 8.36. The fourth-order valence-corrected chi connectivity index (χ4v) is 3.73. The van der Waals surface area contributed by atoms with Gasteiger partial charge in [-0.15, -0.1) is 0 Å². The smallest absolute Gasteiger partial charge is 0.126 e. The van der Waals surface area contributed by atoms with Crippen molar-refractivity contribution in [3.05, 3.63) is 90.3 Å². The summed E-state index contributed by atoms with van der Waals surface area (Å²) in [4.78, 5) is 12.2. The van der Waals surface area contributed by atoms with E-state index in [1.165, 1.54) is 5.56 Å². The summed E-state index contributed by atoms with van der Waals surface area (Å²) < 4.78 is 5.43. The van der Waals surface area contributed by atoms with Crippen molar-refractivity contribution in [3.8, 4) is 5.75 Å². The normalized spacial score (nSPS) is 11.0. The van der Waals surface area contributed by atoms with Crippen molar-refractivity contribution in [2.45, 2.75) is 13.1 Å². The lowest BCUT2D eigenvalue weighted by Crippen LogP contribution is -2.04. The maximum Gasteiger partial charge on any atom is 0.126 e. The number of imidazole rings is 1. The first-order valence-electron chi connectivity index (χ1n) is 10.2. The number of hydrogen-bond acceptors (Lipinski definition) is 5. The molecule has 0 aliphatic heterocycles. The van der Waals surface area contributed by atoms with Gasteiger partial charge in [-0.3, -0.25) is 0 Å². The van der Waals surface area contributed by atoms with E-state index in [9.17, 15) is 0 Å². The van der Waals surface area contributed by atoms with Crippen LogP contribution in [0.5, 0.6) is 5.75 Å². The Morgan fingerprint density at radius 1 is 0.871 bits per heavy atom. The van der Waals surface area contributed by atoms with Gasteiger partial charge in [0, 0.05) is 29.7 Å². The maximum absolute atomic E-state index is 5.43. The van der Waals surface area contributed by atoms with Crippen LogP contribution in [0.25, 0.3) is 21.9 Å². The molecular weight excluding hydrogens is 386 g/mol. The minimum absolute atomic E-state index is 0.649. The predicted octanol–water partition coefficient (Wildman–Crippen LogP) is 5.34. The predicted molar refractivity (Wildman–Crippen MR) is 125 cm³/mol. The van der Waals surface area contributed by atoms with Crippen LogP contribution in [-0.4, -0.2) is 22.1 Å². The topological polar surface area (TPSA) is 74.9 Å². The summed E-state index contributed by atoms with van der Waals surface area (Å²) in [6.07, 6.45) is 1.72. The van der Waals surface area contributed by atoms with Crippen LogP contribution in [0.3, 0.4) is 0 Å². The first-order chi connectivity index (χ1) is 15.3. The van der Waals surface area contributed by atoms with Gasteiger partial charge in [-0.25, -0.2) is 9.97 Å². The van der Waals surface area contributed by atoms with Crippen molar-refractivity contribution in [1.29, 1.82) is 0 Å². The number of aromatic amines is 1. The van der Waals surface area contributed by atoms with E-state index in [4.69, 9.17) is 9.72 Å². The number of fused-ring (bicyclic) bond motifs is 2. The Labute approximate surface area is 180 Å². The minimum Gasteiger partial charge on any atom is -0.496 e. The van der Waals surface area contributed by atoms with Crippen molar-refractivity contribution in [2.24, 2.45) is 0 Å². The van der Waals surface area contributed by atoms with E-state index in [0.29, 0.717) is 6.54 Å². The molecule has 154 valence electrons. The van der Waals surface area contributed by atoms with Gasteiger partial charge >= 0.3 is 0 Å². The number of ether oxygens (including phenoxy) is 1. The van der Waals surface area contributed by atoms with Crippen LogP contribution in [0.2, 0.25) is 0 Å². The van der Waals surface area contributed by atoms with E-state index in [2.05, 4.69) is 50.9 Å². The molecule has 0 unspecified atom stereocenters. The molecule has 2 heterocycles. The first-order valence-corrected chi connectivity index (χ1v) is 10.2. The zero-order chi connectivity index (χ0) is 21.0. The maximum atomic E-state index is 5.43. The summed E-state index contributed by atoms with van der Waals surface area (Å²) in [5, 5.41) is 8.03. The van der Waals surface area contributed by atoms with Crippen LogP contribution in [-0.2, 0) is 13.1 Å². The fourth-order valence-electron chi connectivity index (χ4n) is 3.73. The largest absolute Gasteiger partial charge is 0.496 e. The Bertz CT molecular complexity index is 1340. The quantitative estimate of drug-likeness (QED) is 0.338. The molecule has 0 saturated heterocycles. The number of methoxy groups -OCH3 is 1. The first kappa shape index (κ1) is 18.9. The van der Waals surface area contributed by atoms with Crippen molar-refractivity contribution in [3.63, 3.8) is 0 Å². The molecule has 0 amide bonds. The van der Waals surface area contributed by atoms with Crippen LogP contribution in [0.4, 0.5) is 11.5 Å². The van der Waals surface area contributed by atoms with Gasteiger partial charge in [-0.1, -0.05) is 30.3 Å². The van der Waals surface area contributed by atoms with Crippen molar-refractivity contribution in [1.82, 2.24) is 15.0 Å². The van der Waals surface area contributed by atoms with Crippen LogP contribution in [0.1, 0.15) is 11.1 Å². The number of para-hydroxylation sites is 1. The SMILES string of the molecule is COc1ccccc1CNc1ccc2c(NCc3ccc4nc[nH]c4c3)cccc2n1. The molecule has 31 heavy (non-hydrogen) atoms. The van der Waals surface area contributed by atoms with Gasteiger partial charge in [-0.2, -0.15) is 0 Å². The third-order valence-electron chi connectivity index (χ3n) is 5.35. The fraction of sp³-hybridized carbons (Fsp3) is 0.120. The Morgan fingerprint density at radius 2 is 1.81 bits per heavy atom. The molecule has 0 atom stereocenters. The molecule has 5 aromatic rings. The Kier molecular flexibility index (Phi) is 5.10. The van der Waals surface area contributed by atoms with Crippen LogP contribution in [0, 0.1) is 0 Å². The Balaban J connectivity index is 1.32.